The maximum absolute atomic E-state index is 12.6. The minimum atomic E-state index is -4.67. The maximum atomic E-state index is 12.6. The lowest BCUT2D eigenvalue weighted by Crippen LogP contribution is -2.06. The Bertz CT molecular complexity index is 717. The zero-order chi connectivity index (χ0) is 15.8. The molecule has 21 heavy (non-hydrogen) atoms. The van der Waals surface area contributed by atoms with Gasteiger partial charge in [-0.25, -0.2) is 0 Å². The Balaban J connectivity index is 2.70. The topological polar surface area (TPSA) is 43.1 Å². The number of nitro groups is 1. The highest BCUT2D eigenvalue weighted by Gasteiger charge is 2.33. The molecule has 0 radical (unpaired) electrons. The SMILES string of the molecule is O=[N+]([O-])c1cc(C(F)(F)F)ccc1-c1cccc(Cl)c1Cl. The third-order valence-corrected chi connectivity index (χ3v) is 3.58. The lowest BCUT2D eigenvalue weighted by Gasteiger charge is -2.10. The average molecular weight is 336 g/mol. The van der Waals surface area contributed by atoms with Crippen LogP contribution in [0.1, 0.15) is 5.56 Å². The summed E-state index contributed by atoms with van der Waals surface area (Å²) in [5.74, 6) is 0. The number of benzene rings is 2. The largest absolute Gasteiger partial charge is 0.416 e. The van der Waals surface area contributed by atoms with Gasteiger partial charge in [-0.1, -0.05) is 35.3 Å². The zero-order valence-electron chi connectivity index (χ0n) is 10.1. The molecule has 0 saturated heterocycles. The van der Waals surface area contributed by atoms with E-state index in [0.717, 1.165) is 12.1 Å². The highest BCUT2D eigenvalue weighted by atomic mass is 35.5. The van der Waals surface area contributed by atoms with Gasteiger partial charge in [0.1, 0.15) is 0 Å². The van der Waals surface area contributed by atoms with Gasteiger partial charge in [0, 0.05) is 11.6 Å². The second kappa shape index (κ2) is 5.54. The smallest absolute Gasteiger partial charge is 0.258 e. The molecule has 0 saturated carbocycles. The molecule has 0 heterocycles. The molecule has 0 spiro atoms. The maximum Gasteiger partial charge on any atom is 0.416 e. The molecule has 2 aromatic carbocycles. The molecular weight excluding hydrogens is 330 g/mol. The predicted molar refractivity (Wildman–Crippen MR) is 73.6 cm³/mol. The van der Waals surface area contributed by atoms with E-state index in [1.54, 1.807) is 0 Å². The van der Waals surface area contributed by atoms with Crippen LogP contribution in [0.25, 0.3) is 11.1 Å². The van der Waals surface area contributed by atoms with E-state index < -0.39 is 22.4 Å². The fourth-order valence-corrected chi connectivity index (χ4v) is 2.20. The van der Waals surface area contributed by atoms with E-state index >= 15 is 0 Å². The van der Waals surface area contributed by atoms with E-state index in [1.807, 2.05) is 0 Å². The molecule has 2 rings (SSSR count). The summed E-state index contributed by atoms with van der Waals surface area (Å²) in [6, 6.07) is 6.68. The Kier molecular flexibility index (Phi) is 4.11. The predicted octanol–water partition coefficient (Wildman–Crippen LogP) is 5.59. The zero-order valence-corrected chi connectivity index (χ0v) is 11.6. The molecule has 0 fully saturated rings. The van der Waals surface area contributed by atoms with E-state index in [1.165, 1.54) is 18.2 Å². The minimum Gasteiger partial charge on any atom is -0.258 e. The van der Waals surface area contributed by atoms with E-state index in [-0.39, 0.29) is 21.2 Å². The van der Waals surface area contributed by atoms with Crippen LogP contribution < -0.4 is 0 Å². The number of hydrogen-bond acceptors (Lipinski definition) is 2. The summed E-state index contributed by atoms with van der Waals surface area (Å²) in [5, 5.41) is 11.2. The quantitative estimate of drug-likeness (QED) is 0.530. The van der Waals surface area contributed by atoms with E-state index in [0.29, 0.717) is 6.07 Å². The number of nitro benzene ring substituents is 1. The van der Waals surface area contributed by atoms with E-state index in [2.05, 4.69) is 0 Å². The first-order valence-electron chi connectivity index (χ1n) is 5.52. The van der Waals surface area contributed by atoms with Crippen LogP contribution in [0.15, 0.2) is 36.4 Å². The fourth-order valence-electron chi connectivity index (χ4n) is 1.80. The van der Waals surface area contributed by atoms with Crippen molar-refractivity contribution in [3.63, 3.8) is 0 Å². The summed E-state index contributed by atoms with van der Waals surface area (Å²) >= 11 is 11.8. The van der Waals surface area contributed by atoms with Gasteiger partial charge in [-0.15, -0.1) is 0 Å². The Morgan fingerprint density at radius 1 is 1.05 bits per heavy atom. The Morgan fingerprint density at radius 2 is 1.71 bits per heavy atom. The molecule has 3 nitrogen and oxygen atoms in total. The van der Waals surface area contributed by atoms with Crippen LogP contribution >= 0.6 is 23.2 Å². The summed E-state index contributed by atoms with van der Waals surface area (Å²) in [4.78, 5) is 10.1. The molecule has 0 atom stereocenters. The summed E-state index contributed by atoms with van der Waals surface area (Å²) in [7, 11) is 0. The van der Waals surface area contributed by atoms with Crippen molar-refractivity contribution in [1.29, 1.82) is 0 Å². The molecule has 0 N–H and O–H groups in total. The van der Waals surface area contributed by atoms with Crippen molar-refractivity contribution in [2.24, 2.45) is 0 Å². The van der Waals surface area contributed by atoms with Gasteiger partial charge < -0.3 is 0 Å². The second-order valence-corrected chi connectivity index (χ2v) is 4.87. The van der Waals surface area contributed by atoms with Gasteiger partial charge in [0.05, 0.1) is 26.1 Å². The van der Waals surface area contributed by atoms with Gasteiger partial charge >= 0.3 is 6.18 Å². The van der Waals surface area contributed by atoms with Gasteiger partial charge in [0.25, 0.3) is 5.69 Å². The van der Waals surface area contributed by atoms with Crippen LogP contribution in [0.4, 0.5) is 18.9 Å². The summed E-state index contributed by atoms with van der Waals surface area (Å²) in [5.41, 5.74) is -1.62. The van der Waals surface area contributed by atoms with Crippen molar-refractivity contribution in [1.82, 2.24) is 0 Å². The molecule has 8 heteroatoms. The molecule has 0 aromatic heterocycles. The summed E-state index contributed by atoms with van der Waals surface area (Å²) in [6.45, 7) is 0. The average Bonchev–Trinajstić information content (AvgIpc) is 2.40. The first-order chi connectivity index (χ1) is 9.71. The summed E-state index contributed by atoms with van der Waals surface area (Å²) < 4.78 is 37.9. The highest BCUT2D eigenvalue weighted by Crippen LogP contribution is 2.40. The van der Waals surface area contributed by atoms with Crippen LogP contribution in [-0.2, 0) is 6.18 Å². The molecule has 0 bridgehead atoms. The summed E-state index contributed by atoms with van der Waals surface area (Å²) in [6.07, 6.45) is -4.67. The van der Waals surface area contributed by atoms with Crippen molar-refractivity contribution in [3.8, 4) is 11.1 Å². The Labute approximate surface area is 127 Å². The van der Waals surface area contributed by atoms with Crippen LogP contribution in [-0.4, -0.2) is 4.92 Å². The van der Waals surface area contributed by atoms with Crippen LogP contribution in [0, 0.1) is 10.1 Å². The fraction of sp³-hybridized carbons (Fsp3) is 0.0769. The van der Waals surface area contributed by atoms with Gasteiger partial charge in [0.15, 0.2) is 0 Å². The lowest BCUT2D eigenvalue weighted by atomic mass is 10.0. The second-order valence-electron chi connectivity index (χ2n) is 4.09. The standard InChI is InChI=1S/C13H6Cl2F3NO2/c14-10-3-1-2-9(12(10)15)8-5-4-7(13(16,17)18)6-11(8)19(20)21/h1-6H. The molecule has 110 valence electrons. The number of alkyl halides is 3. The number of halogens is 5. The molecule has 0 aliphatic rings. The molecule has 0 amide bonds. The highest BCUT2D eigenvalue weighted by molar-refractivity contribution is 6.43. The van der Waals surface area contributed by atoms with Crippen molar-refractivity contribution >= 4 is 28.9 Å². The van der Waals surface area contributed by atoms with Crippen molar-refractivity contribution < 1.29 is 18.1 Å². The van der Waals surface area contributed by atoms with Crippen LogP contribution in [0.2, 0.25) is 10.0 Å². The number of nitrogens with zero attached hydrogens (tertiary/aromatic N) is 1. The van der Waals surface area contributed by atoms with Gasteiger partial charge in [-0.2, -0.15) is 13.2 Å². The van der Waals surface area contributed by atoms with E-state index in [4.69, 9.17) is 23.2 Å². The molecular formula is C13H6Cl2F3NO2. The number of rotatable bonds is 2. The number of hydrogen-bond donors (Lipinski definition) is 0. The minimum absolute atomic E-state index is 0.0273. The molecule has 0 unspecified atom stereocenters. The molecule has 0 aliphatic heterocycles. The first kappa shape index (κ1) is 15.6. The van der Waals surface area contributed by atoms with Crippen molar-refractivity contribution in [3.05, 3.63) is 62.1 Å². The molecule has 2 aromatic rings. The first-order valence-corrected chi connectivity index (χ1v) is 6.27. The van der Waals surface area contributed by atoms with Gasteiger partial charge in [-0.05, 0) is 18.2 Å². The third-order valence-electron chi connectivity index (χ3n) is 2.76. The molecule has 0 aliphatic carbocycles. The van der Waals surface area contributed by atoms with E-state index in [9.17, 15) is 23.3 Å². The third kappa shape index (κ3) is 3.11. The van der Waals surface area contributed by atoms with Gasteiger partial charge in [0.2, 0.25) is 0 Å². The van der Waals surface area contributed by atoms with Gasteiger partial charge in [-0.3, -0.25) is 10.1 Å². The lowest BCUT2D eigenvalue weighted by molar-refractivity contribution is -0.384. The Morgan fingerprint density at radius 3 is 2.29 bits per heavy atom. The van der Waals surface area contributed by atoms with Crippen LogP contribution in [0.3, 0.4) is 0 Å². The Hall–Kier alpha value is -1.79. The monoisotopic (exact) mass is 335 g/mol. The van der Waals surface area contributed by atoms with Crippen molar-refractivity contribution in [2.75, 3.05) is 0 Å². The van der Waals surface area contributed by atoms with Crippen LogP contribution in [0.5, 0.6) is 0 Å². The normalized spacial score (nSPS) is 11.5. The van der Waals surface area contributed by atoms with Crippen molar-refractivity contribution in [2.45, 2.75) is 6.18 Å².